The largest absolute Gasteiger partial charge is 0.493 e. The van der Waals surface area contributed by atoms with Crippen molar-refractivity contribution in [2.75, 3.05) is 6.61 Å². The molecule has 2 aromatic carbocycles. The minimum atomic E-state index is -0.573. The number of ketones is 1. The lowest BCUT2D eigenvalue weighted by Gasteiger charge is -2.12. The first kappa shape index (κ1) is 17.9. The van der Waals surface area contributed by atoms with Crippen molar-refractivity contribution in [2.45, 2.75) is 19.3 Å². The average molecular weight is 395 g/mol. The summed E-state index contributed by atoms with van der Waals surface area (Å²) >= 11 is 2.64. The van der Waals surface area contributed by atoms with Gasteiger partial charge in [0.15, 0.2) is 5.78 Å². The Morgan fingerprint density at radius 3 is 2.89 bits per heavy atom. The van der Waals surface area contributed by atoms with Crippen LogP contribution < -0.4 is 4.74 Å². The van der Waals surface area contributed by atoms with E-state index < -0.39 is 5.92 Å². The molecule has 3 aromatic rings. The van der Waals surface area contributed by atoms with Gasteiger partial charge in [0.05, 0.1) is 16.6 Å². The molecule has 1 aliphatic heterocycles. The van der Waals surface area contributed by atoms with E-state index in [0.717, 1.165) is 28.5 Å². The first-order valence-electron chi connectivity index (χ1n) is 8.75. The number of aromatic nitrogens is 1. The number of thioether (sulfide) groups is 1. The van der Waals surface area contributed by atoms with E-state index in [2.05, 4.69) is 11.9 Å². The molecule has 4 nitrogen and oxygen atoms in total. The molecule has 1 N–H and O–H groups in total. The van der Waals surface area contributed by atoms with E-state index >= 15 is 0 Å². The lowest BCUT2D eigenvalue weighted by Crippen LogP contribution is -2.11. The highest BCUT2D eigenvalue weighted by Gasteiger charge is 2.38. The molecule has 1 saturated heterocycles. The van der Waals surface area contributed by atoms with Crippen molar-refractivity contribution in [1.82, 2.24) is 4.98 Å². The molecule has 27 heavy (non-hydrogen) atoms. The number of fused-ring (bicyclic) bond motifs is 1. The first-order valence-corrected chi connectivity index (χ1v) is 10.4. The van der Waals surface area contributed by atoms with E-state index in [1.54, 1.807) is 6.20 Å². The molecule has 136 valence electrons. The number of hydrogen-bond acceptors (Lipinski definition) is 6. The van der Waals surface area contributed by atoms with Gasteiger partial charge in [-0.1, -0.05) is 49.0 Å². The molecule has 2 heterocycles. The second-order valence-electron chi connectivity index (χ2n) is 6.19. The second-order valence-corrected chi connectivity index (χ2v) is 8.20. The molecule has 0 unspecified atom stereocenters. The Morgan fingerprint density at radius 1 is 1.26 bits per heavy atom. The Bertz CT molecular complexity index is 1040. The van der Waals surface area contributed by atoms with Crippen LogP contribution in [-0.4, -0.2) is 22.4 Å². The Kier molecular flexibility index (Phi) is 5.09. The molecule has 1 fully saturated rings. The molecule has 0 radical (unpaired) electrons. The van der Waals surface area contributed by atoms with Gasteiger partial charge < -0.3 is 4.74 Å². The SMILES string of the molecule is CCCOc1ccc2ccccc2c1/C=C1\SC(=N)[C@@H](c2nccs2)C1=O. The normalized spacial score (nSPS) is 18.6. The van der Waals surface area contributed by atoms with Gasteiger partial charge in [0.1, 0.15) is 16.7 Å². The predicted octanol–water partition coefficient (Wildman–Crippen LogP) is 5.50. The van der Waals surface area contributed by atoms with Gasteiger partial charge in [-0.15, -0.1) is 11.3 Å². The van der Waals surface area contributed by atoms with Crippen molar-refractivity contribution in [3.63, 3.8) is 0 Å². The topological polar surface area (TPSA) is 63.0 Å². The monoisotopic (exact) mass is 394 g/mol. The summed E-state index contributed by atoms with van der Waals surface area (Å²) in [5.41, 5.74) is 0.894. The fourth-order valence-electron chi connectivity index (χ4n) is 3.08. The smallest absolute Gasteiger partial charge is 0.186 e. The summed E-state index contributed by atoms with van der Waals surface area (Å²) in [7, 11) is 0. The standard InChI is InChI=1S/C21H18N2O2S2/c1-2-10-25-16-8-7-13-5-3-4-6-14(13)15(16)12-17-19(24)18(20(22)27-17)21-23-9-11-26-21/h3-9,11-12,18,22H,2,10H2,1H3/b17-12-,22-20?/t18-/m0/s1. The number of thiazole rings is 1. The maximum Gasteiger partial charge on any atom is 0.186 e. The molecule has 1 aliphatic rings. The van der Waals surface area contributed by atoms with Crippen LogP contribution in [-0.2, 0) is 4.79 Å². The number of benzene rings is 2. The first-order chi connectivity index (χ1) is 13.2. The van der Waals surface area contributed by atoms with Crippen LogP contribution >= 0.6 is 23.1 Å². The highest BCUT2D eigenvalue weighted by atomic mass is 32.2. The summed E-state index contributed by atoms with van der Waals surface area (Å²) in [5, 5.41) is 13.3. The second kappa shape index (κ2) is 7.66. The number of hydrogen-bond donors (Lipinski definition) is 1. The van der Waals surface area contributed by atoms with Gasteiger partial charge in [0.25, 0.3) is 0 Å². The van der Waals surface area contributed by atoms with Gasteiger partial charge in [-0.05, 0) is 29.3 Å². The van der Waals surface area contributed by atoms with Crippen molar-refractivity contribution in [3.8, 4) is 5.75 Å². The third-order valence-electron chi connectivity index (χ3n) is 4.35. The molecule has 0 amide bonds. The number of nitrogens with zero attached hydrogens (tertiary/aromatic N) is 1. The van der Waals surface area contributed by atoms with Crippen molar-refractivity contribution in [1.29, 1.82) is 5.41 Å². The Balaban J connectivity index is 1.80. The number of nitrogens with one attached hydrogen (secondary N) is 1. The van der Waals surface area contributed by atoms with Gasteiger partial charge in [0.2, 0.25) is 0 Å². The van der Waals surface area contributed by atoms with Crippen LogP contribution in [0.2, 0.25) is 0 Å². The molecule has 0 saturated carbocycles. The minimum Gasteiger partial charge on any atom is -0.493 e. The van der Waals surface area contributed by atoms with Crippen LogP contribution in [0.4, 0.5) is 0 Å². The van der Waals surface area contributed by atoms with Crippen LogP contribution in [0.15, 0.2) is 52.9 Å². The highest BCUT2D eigenvalue weighted by molar-refractivity contribution is 8.19. The van der Waals surface area contributed by atoms with E-state index in [9.17, 15) is 4.79 Å². The number of Topliss-reactive ketones (excluding diaryl/α,β-unsaturated/α-hetero) is 1. The minimum absolute atomic E-state index is 0.0608. The maximum absolute atomic E-state index is 13.0. The summed E-state index contributed by atoms with van der Waals surface area (Å²) in [6.45, 7) is 2.68. The molecule has 4 rings (SSSR count). The molecular formula is C21H18N2O2S2. The van der Waals surface area contributed by atoms with E-state index in [4.69, 9.17) is 10.1 Å². The molecule has 0 aliphatic carbocycles. The average Bonchev–Trinajstić information content (AvgIpc) is 3.29. The Labute approximate surface area is 165 Å². The molecule has 0 spiro atoms. The Hall–Kier alpha value is -2.44. The third kappa shape index (κ3) is 3.42. The summed E-state index contributed by atoms with van der Waals surface area (Å²) < 4.78 is 5.94. The van der Waals surface area contributed by atoms with Crippen LogP contribution in [0.5, 0.6) is 5.75 Å². The van der Waals surface area contributed by atoms with E-state index in [1.165, 1.54) is 23.1 Å². The van der Waals surface area contributed by atoms with Gasteiger partial charge in [-0.25, -0.2) is 4.98 Å². The lowest BCUT2D eigenvalue weighted by atomic mass is 10.0. The molecule has 6 heteroatoms. The molecule has 1 aromatic heterocycles. The van der Waals surface area contributed by atoms with Crippen molar-refractivity contribution in [2.24, 2.45) is 0 Å². The van der Waals surface area contributed by atoms with Crippen LogP contribution in [0.25, 0.3) is 16.8 Å². The highest BCUT2D eigenvalue weighted by Crippen LogP contribution is 2.42. The zero-order valence-corrected chi connectivity index (χ0v) is 16.4. The van der Waals surface area contributed by atoms with Crippen LogP contribution in [0, 0.1) is 5.41 Å². The number of carbonyl (C=O) groups is 1. The summed E-state index contributed by atoms with van der Waals surface area (Å²) in [6, 6.07) is 12.1. The number of carbonyl (C=O) groups excluding carboxylic acids is 1. The van der Waals surface area contributed by atoms with Crippen LogP contribution in [0.1, 0.15) is 29.8 Å². The van der Waals surface area contributed by atoms with E-state index in [-0.39, 0.29) is 5.78 Å². The zero-order chi connectivity index (χ0) is 18.8. The number of rotatable bonds is 5. The quantitative estimate of drug-likeness (QED) is 0.580. The number of allylic oxidation sites excluding steroid dienone is 1. The maximum atomic E-state index is 13.0. The van der Waals surface area contributed by atoms with Crippen molar-refractivity contribution in [3.05, 3.63) is 63.5 Å². The van der Waals surface area contributed by atoms with Gasteiger partial charge in [0, 0.05) is 17.1 Å². The molecule has 0 bridgehead atoms. The summed E-state index contributed by atoms with van der Waals surface area (Å²) in [5.74, 6) is 0.131. The van der Waals surface area contributed by atoms with E-state index in [1.807, 2.05) is 47.9 Å². The van der Waals surface area contributed by atoms with Gasteiger partial charge >= 0.3 is 0 Å². The van der Waals surface area contributed by atoms with E-state index in [0.29, 0.717) is 21.6 Å². The molecular weight excluding hydrogens is 376 g/mol. The van der Waals surface area contributed by atoms with Gasteiger partial charge in [-0.3, -0.25) is 10.2 Å². The third-order valence-corrected chi connectivity index (χ3v) is 6.19. The van der Waals surface area contributed by atoms with Gasteiger partial charge in [-0.2, -0.15) is 0 Å². The molecule has 1 atom stereocenters. The fourth-order valence-corrected chi connectivity index (χ4v) is 4.87. The predicted molar refractivity (Wildman–Crippen MR) is 113 cm³/mol. The lowest BCUT2D eigenvalue weighted by molar-refractivity contribution is -0.114. The van der Waals surface area contributed by atoms with Crippen molar-refractivity contribution < 1.29 is 9.53 Å². The summed E-state index contributed by atoms with van der Waals surface area (Å²) in [4.78, 5) is 17.8. The van der Waals surface area contributed by atoms with Crippen molar-refractivity contribution >= 4 is 50.8 Å². The zero-order valence-electron chi connectivity index (χ0n) is 14.8. The fraction of sp³-hybridized carbons (Fsp3) is 0.190. The number of ether oxygens (including phenoxy) is 1. The summed E-state index contributed by atoms with van der Waals surface area (Å²) in [6.07, 6.45) is 4.46. The Morgan fingerprint density at radius 2 is 2.11 bits per heavy atom. The van der Waals surface area contributed by atoms with Crippen LogP contribution in [0.3, 0.4) is 0 Å².